The molecule has 0 bridgehead atoms. The van der Waals surface area contributed by atoms with Gasteiger partial charge in [0.1, 0.15) is 34.3 Å². The quantitative estimate of drug-likeness (QED) is 0.109. The van der Waals surface area contributed by atoms with Crippen LogP contribution < -0.4 is 0 Å². The number of aromatic nitrogens is 6. The molecule has 0 aliphatic carbocycles. The average molecular weight is 1890 g/mol. The molecule has 574 valence electrons. The summed E-state index contributed by atoms with van der Waals surface area (Å²) in [4.78, 5) is 20.8. The molecule has 0 amide bonds. The third-order valence-electron chi connectivity index (χ3n) is 22.8. The van der Waals surface area contributed by atoms with Crippen molar-refractivity contribution >= 4 is 87.5 Å². The van der Waals surface area contributed by atoms with Gasteiger partial charge in [0.15, 0.2) is 11.2 Å². The summed E-state index contributed by atoms with van der Waals surface area (Å²) in [6.45, 7) is 4.53. The molecule has 6 heterocycles. The van der Waals surface area contributed by atoms with Gasteiger partial charge in [-0.15, -0.1) is 53.1 Å². The number of phenols is 2. The van der Waals surface area contributed by atoms with Gasteiger partial charge in [-0.25, -0.2) is 9.97 Å². The molecular formula is C107H70N6O4Pt2-2. The first-order valence-electron chi connectivity index (χ1n) is 39.2. The fourth-order valence-electron chi connectivity index (χ4n) is 16.9. The normalized spacial score (nSPS) is 11.5. The Morgan fingerprint density at radius 1 is 0.303 bits per heavy atom. The van der Waals surface area contributed by atoms with Gasteiger partial charge in [-0.3, -0.25) is 19.1 Å². The number of aromatic hydroxyl groups is 2. The Bertz CT molecular complexity index is 7650. The van der Waals surface area contributed by atoms with Crippen LogP contribution in [0.5, 0.6) is 11.5 Å². The van der Waals surface area contributed by atoms with Crippen LogP contribution in [0.3, 0.4) is 0 Å². The molecule has 0 fully saturated rings. The monoisotopic (exact) mass is 1890 g/mol. The van der Waals surface area contributed by atoms with Gasteiger partial charge in [0.25, 0.3) is 0 Å². The number of rotatable bonds is 13. The maximum Gasteiger partial charge on any atom is 0.152 e. The fraction of sp³-hybridized carbons (Fsp3) is 0.0280. The molecule has 12 heteroatoms. The van der Waals surface area contributed by atoms with E-state index in [1.165, 1.54) is 5.56 Å². The second-order valence-electron chi connectivity index (χ2n) is 30.1. The zero-order valence-corrected chi connectivity index (χ0v) is 68.9. The van der Waals surface area contributed by atoms with Gasteiger partial charge in [-0.1, -0.05) is 321 Å². The SMILES string of the molecule is CC(C)(c1ccccc1)c1cc(-c2cc3c(cn2)oc2c4ccccc4ccc32)[c-]c(-c2cccc3c2nc(-c2ccccc2O)n3-c2ccccc2-c2ccccc2)c1.Oc1ccccc1-c1nc2c(-c3[c-]c(-c4cc5c(cn4)oc4c6ccccc6ccc54)cc(-c4ccccc4)c3)cccc2n1-c1ccccc1-c1ccccc1.[Pt].[Pt]. The Morgan fingerprint density at radius 2 is 0.681 bits per heavy atom. The van der Waals surface area contributed by atoms with Crippen LogP contribution in [0.1, 0.15) is 25.0 Å². The molecule has 0 saturated heterocycles. The number of furan rings is 2. The molecule has 2 N–H and O–H groups in total. The van der Waals surface area contributed by atoms with Gasteiger partial charge in [0.05, 0.1) is 57.0 Å². The van der Waals surface area contributed by atoms with Crippen molar-refractivity contribution in [3.63, 3.8) is 0 Å². The van der Waals surface area contributed by atoms with Crippen molar-refractivity contribution in [1.82, 2.24) is 29.1 Å². The number of nitrogens with zero attached hydrogens (tertiary/aromatic N) is 6. The maximum absolute atomic E-state index is 11.3. The maximum atomic E-state index is 11.3. The summed E-state index contributed by atoms with van der Waals surface area (Å²) >= 11 is 0. The zero-order chi connectivity index (χ0) is 78.2. The molecule has 0 atom stereocenters. The van der Waals surface area contributed by atoms with E-state index < -0.39 is 0 Å². The van der Waals surface area contributed by atoms with E-state index >= 15 is 0 Å². The third-order valence-corrected chi connectivity index (χ3v) is 22.8. The van der Waals surface area contributed by atoms with E-state index in [2.05, 4.69) is 308 Å². The Balaban J connectivity index is 0.000000155. The van der Waals surface area contributed by atoms with Crippen LogP contribution in [0.2, 0.25) is 0 Å². The number of benzene rings is 16. The largest absolute Gasteiger partial charge is 0.507 e. The van der Waals surface area contributed by atoms with Crippen LogP contribution in [0.4, 0.5) is 0 Å². The van der Waals surface area contributed by atoms with E-state index in [0.29, 0.717) is 22.8 Å². The van der Waals surface area contributed by atoms with E-state index in [1.54, 1.807) is 12.1 Å². The molecule has 0 unspecified atom stereocenters. The Labute approximate surface area is 714 Å². The first-order chi connectivity index (χ1) is 57.6. The number of hydrogen-bond donors (Lipinski definition) is 2. The van der Waals surface area contributed by atoms with Crippen LogP contribution in [0, 0.1) is 12.1 Å². The van der Waals surface area contributed by atoms with Crippen LogP contribution in [0.25, 0.3) is 200 Å². The zero-order valence-electron chi connectivity index (χ0n) is 64.3. The second kappa shape index (κ2) is 31.1. The fourth-order valence-corrected chi connectivity index (χ4v) is 16.9. The Morgan fingerprint density at radius 3 is 1.16 bits per heavy atom. The number of imidazole rings is 2. The van der Waals surface area contributed by atoms with E-state index in [-0.39, 0.29) is 59.0 Å². The van der Waals surface area contributed by atoms with Gasteiger partial charge in [0, 0.05) is 102 Å². The van der Waals surface area contributed by atoms with Crippen molar-refractivity contribution in [3.05, 3.63) is 400 Å². The van der Waals surface area contributed by atoms with Crippen molar-refractivity contribution < 1.29 is 61.2 Å². The minimum Gasteiger partial charge on any atom is -0.507 e. The molecular weight excluding hydrogens is 1820 g/mol. The van der Waals surface area contributed by atoms with Crippen molar-refractivity contribution in [2.24, 2.45) is 0 Å². The van der Waals surface area contributed by atoms with Crippen molar-refractivity contribution in [2.75, 3.05) is 0 Å². The summed E-state index contributed by atoms with van der Waals surface area (Å²) in [5.41, 5.74) is 25.1. The van der Waals surface area contributed by atoms with Crippen molar-refractivity contribution in [1.29, 1.82) is 0 Å². The number of hydrogen-bond acceptors (Lipinski definition) is 8. The minimum atomic E-state index is -0.367. The first-order valence-corrected chi connectivity index (χ1v) is 39.2. The third kappa shape index (κ3) is 13.4. The van der Waals surface area contributed by atoms with Crippen LogP contribution in [-0.4, -0.2) is 39.3 Å². The number of para-hydroxylation sites is 6. The van der Waals surface area contributed by atoms with Crippen LogP contribution in [-0.2, 0) is 47.5 Å². The molecule has 22 aromatic rings. The average Bonchev–Trinajstić information content (AvgIpc) is 1.57. The molecule has 119 heavy (non-hydrogen) atoms. The molecule has 10 nitrogen and oxygen atoms in total. The molecule has 0 aliphatic rings. The topological polar surface area (TPSA) is 128 Å². The summed E-state index contributed by atoms with van der Waals surface area (Å²) in [7, 11) is 0. The Hall–Kier alpha value is -14.1. The van der Waals surface area contributed by atoms with Crippen molar-refractivity contribution in [3.8, 4) is 124 Å². The van der Waals surface area contributed by atoms with Gasteiger partial charge < -0.3 is 19.0 Å². The predicted molar refractivity (Wildman–Crippen MR) is 476 cm³/mol. The standard InChI is InChI=1S/C55H38N3O2.C52H32N3O2.2Pt/c1-55(2,39-19-7-4-8-20-39)40-31-37(30-38(32-40)47-33-46-44-29-28-36-18-9-10-22-43(36)53(44)60-51(46)34-56-47)42-24-15-26-49-52(42)57-54(45-23-12-14-27-50(45)59)58(49)48-25-13-11-21-41(48)35-16-5-3-6-17-35;56-48-25-12-10-21-43(48)52-54-50-40(22-13-24-47(50)55(52)46-23-11-9-19-39(46)34-16-5-2-6-17-34)37-28-36(33-14-3-1-4-15-33)29-38(30-37)45-31-44-42-27-26-35-18-7-8-20-41(35)51(42)57-49(44)32-53-45;;/h3-29,31-34,59H,1-2H3;1-29,31-32,56H;;/q2*-1;;. The summed E-state index contributed by atoms with van der Waals surface area (Å²) < 4.78 is 17.2. The molecule has 0 aliphatic heterocycles. The van der Waals surface area contributed by atoms with Gasteiger partial charge in [0.2, 0.25) is 0 Å². The smallest absolute Gasteiger partial charge is 0.152 e. The number of phenolic OH excluding ortho intramolecular Hbond substituents is 2. The van der Waals surface area contributed by atoms with Gasteiger partial charge in [-0.05, 0) is 93.7 Å². The molecule has 16 aromatic carbocycles. The molecule has 0 radical (unpaired) electrons. The van der Waals surface area contributed by atoms with Gasteiger partial charge >= 0.3 is 0 Å². The molecule has 6 aromatic heterocycles. The van der Waals surface area contributed by atoms with Gasteiger partial charge in [-0.2, -0.15) is 0 Å². The van der Waals surface area contributed by atoms with E-state index in [4.69, 9.17) is 28.8 Å². The predicted octanol–water partition coefficient (Wildman–Crippen LogP) is 27.3. The van der Waals surface area contributed by atoms with Crippen molar-refractivity contribution in [2.45, 2.75) is 19.3 Å². The molecule has 22 rings (SSSR count). The summed E-state index contributed by atoms with van der Waals surface area (Å²) in [5, 5.41) is 31.1. The summed E-state index contributed by atoms with van der Waals surface area (Å²) in [6, 6.07) is 132. The molecule has 0 spiro atoms. The van der Waals surface area contributed by atoms with Crippen LogP contribution >= 0.6 is 0 Å². The molecule has 0 saturated carbocycles. The van der Waals surface area contributed by atoms with E-state index in [9.17, 15) is 10.2 Å². The first kappa shape index (κ1) is 74.9. The minimum absolute atomic E-state index is 0. The second-order valence-corrected chi connectivity index (χ2v) is 30.1. The van der Waals surface area contributed by atoms with E-state index in [1.807, 2.05) is 91.3 Å². The number of pyridine rings is 2. The van der Waals surface area contributed by atoms with Crippen LogP contribution in [0.15, 0.2) is 385 Å². The van der Waals surface area contributed by atoms with E-state index in [0.717, 1.165) is 183 Å². The summed E-state index contributed by atoms with van der Waals surface area (Å²) in [5.74, 6) is 1.61. The number of fused-ring (bicyclic) bond motifs is 12. The summed E-state index contributed by atoms with van der Waals surface area (Å²) in [6.07, 6.45) is 3.67. The Kier molecular flexibility index (Phi) is 19.6.